The van der Waals surface area contributed by atoms with Gasteiger partial charge in [-0.1, -0.05) is 41.4 Å². The Morgan fingerprint density at radius 1 is 0.971 bits per heavy atom. The zero-order chi connectivity index (χ0) is 24.2. The van der Waals surface area contributed by atoms with E-state index in [0.717, 1.165) is 11.4 Å². The maximum Gasteiger partial charge on any atom is 0.293 e. The number of furan rings is 1. The summed E-state index contributed by atoms with van der Waals surface area (Å²) in [5, 5.41) is 6.62. The number of thiocarbonyl (C=S) groups is 1. The number of anilines is 2. The summed E-state index contributed by atoms with van der Waals surface area (Å²) < 4.78 is 5.68. The van der Waals surface area contributed by atoms with Crippen LogP contribution in [0.15, 0.2) is 59.0 Å². The zero-order valence-electron chi connectivity index (χ0n) is 18.3. The Morgan fingerprint density at radius 3 is 2.44 bits per heavy atom. The van der Waals surface area contributed by atoms with Gasteiger partial charge in [-0.15, -0.1) is 0 Å². The molecule has 1 aliphatic heterocycles. The number of piperazine rings is 1. The Balaban J connectivity index is 1.41. The molecule has 34 heavy (non-hydrogen) atoms. The van der Waals surface area contributed by atoms with Gasteiger partial charge < -0.3 is 19.5 Å². The summed E-state index contributed by atoms with van der Waals surface area (Å²) in [7, 11) is 0. The lowest BCUT2D eigenvalue weighted by Crippen LogP contribution is -2.48. The van der Waals surface area contributed by atoms with Crippen LogP contribution in [0.4, 0.5) is 11.4 Å². The molecule has 3 aromatic rings. The van der Waals surface area contributed by atoms with E-state index in [2.05, 4.69) is 15.5 Å². The molecule has 1 saturated heterocycles. The van der Waals surface area contributed by atoms with Crippen LogP contribution < -0.4 is 15.5 Å². The molecular formula is C24H22Cl2N4O3S. The van der Waals surface area contributed by atoms with Gasteiger partial charge >= 0.3 is 0 Å². The van der Waals surface area contributed by atoms with Gasteiger partial charge in [-0.25, -0.2) is 0 Å². The van der Waals surface area contributed by atoms with Gasteiger partial charge in [0.25, 0.3) is 5.91 Å². The summed E-state index contributed by atoms with van der Waals surface area (Å²) in [4.78, 5) is 28.3. The van der Waals surface area contributed by atoms with Crippen LogP contribution in [-0.2, 0) is 4.79 Å². The number of benzene rings is 2. The number of halogens is 2. The third-order valence-corrected chi connectivity index (χ3v) is 6.51. The molecule has 2 heterocycles. The fourth-order valence-electron chi connectivity index (χ4n) is 3.73. The summed E-state index contributed by atoms with van der Waals surface area (Å²) in [5.74, 6) is 0.0959. The van der Waals surface area contributed by atoms with Crippen molar-refractivity contribution in [3.63, 3.8) is 0 Å². The van der Waals surface area contributed by atoms with Gasteiger partial charge in [-0.2, -0.15) is 0 Å². The van der Waals surface area contributed by atoms with Crippen molar-refractivity contribution in [3.8, 4) is 11.3 Å². The van der Waals surface area contributed by atoms with Crippen LogP contribution in [-0.4, -0.2) is 48.0 Å². The minimum absolute atomic E-state index is 0.0775. The van der Waals surface area contributed by atoms with Gasteiger partial charge in [0.05, 0.1) is 21.4 Å². The Morgan fingerprint density at radius 2 is 1.71 bits per heavy atom. The van der Waals surface area contributed by atoms with Crippen LogP contribution in [0.1, 0.15) is 17.5 Å². The molecule has 0 bridgehead atoms. The predicted octanol–water partition coefficient (Wildman–Crippen LogP) is 5.05. The number of hydrogen-bond donors (Lipinski definition) is 2. The van der Waals surface area contributed by atoms with Gasteiger partial charge in [-0.3, -0.25) is 14.9 Å². The van der Waals surface area contributed by atoms with Crippen molar-refractivity contribution in [2.24, 2.45) is 0 Å². The molecule has 0 atom stereocenters. The monoisotopic (exact) mass is 516 g/mol. The molecule has 176 valence electrons. The maximum absolute atomic E-state index is 12.7. The third kappa shape index (κ3) is 5.35. The normalized spacial score (nSPS) is 13.5. The number of carbonyl (C=O) groups is 2. The van der Waals surface area contributed by atoms with E-state index in [4.69, 9.17) is 39.8 Å². The van der Waals surface area contributed by atoms with Crippen LogP contribution in [0, 0.1) is 0 Å². The smallest absolute Gasteiger partial charge is 0.293 e. The lowest BCUT2D eigenvalue weighted by Gasteiger charge is -2.36. The molecule has 1 aliphatic rings. The molecule has 0 radical (unpaired) electrons. The van der Waals surface area contributed by atoms with Crippen molar-refractivity contribution < 1.29 is 14.0 Å². The van der Waals surface area contributed by atoms with Crippen molar-refractivity contribution in [1.82, 2.24) is 10.2 Å². The minimum atomic E-state index is -0.491. The molecule has 0 spiro atoms. The van der Waals surface area contributed by atoms with Crippen LogP contribution >= 0.6 is 35.4 Å². The van der Waals surface area contributed by atoms with E-state index in [1.165, 1.54) is 0 Å². The Labute approximate surface area is 212 Å². The predicted molar refractivity (Wildman–Crippen MR) is 139 cm³/mol. The fourth-order valence-corrected chi connectivity index (χ4v) is 4.33. The zero-order valence-corrected chi connectivity index (χ0v) is 20.6. The summed E-state index contributed by atoms with van der Waals surface area (Å²) >= 11 is 17.7. The lowest BCUT2D eigenvalue weighted by molar-refractivity contribution is -0.129. The van der Waals surface area contributed by atoms with Gasteiger partial charge in [0.2, 0.25) is 5.91 Å². The van der Waals surface area contributed by atoms with Gasteiger partial charge in [0, 0.05) is 38.7 Å². The first-order valence-electron chi connectivity index (χ1n) is 10.6. The molecule has 1 fully saturated rings. The molecule has 0 aliphatic carbocycles. The molecular weight excluding hydrogens is 495 g/mol. The first-order chi connectivity index (χ1) is 16.3. The molecule has 0 unspecified atom stereocenters. The van der Waals surface area contributed by atoms with Gasteiger partial charge in [0.1, 0.15) is 5.76 Å². The van der Waals surface area contributed by atoms with E-state index in [-0.39, 0.29) is 16.8 Å². The Bertz CT molecular complexity index is 1240. The quantitative estimate of drug-likeness (QED) is 0.472. The van der Waals surface area contributed by atoms with E-state index >= 15 is 0 Å². The molecule has 7 nitrogen and oxygen atoms in total. The van der Waals surface area contributed by atoms with Crippen molar-refractivity contribution in [1.29, 1.82) is 0 Å². The SMILES string of the molecule is CC(=O)N1CCN(c2ccccc2NC(=S)NC(=O)c2ccc(-c3cccc(Cl)c3Cl)o2)CC1. The van der Waals surface area contributed by atoms with Crippen molar-refractivity contribution >= 4 is 63.7 Å². The van der Waals surface area contributed by atoms with E-state index in [0.29, 0.717) is 47.5 Å². The highest BCUT2D eigenvalue weighted by molar-refractivity contribution is 7.80. The van der Waals surface area contributed by atoms with E-state index in [1.54, 1.807) is 37.3 Å². The topological polar surface area (TPSA) is 77.8 Å². The molecule has 2 N–H and O–H groups in total. The average Bonchev–Trinajstić information content (AvgIpc) is 3.31. The second-order valence-electron chi connectivity index (χ2n) is 7.68. The number of carbonyl (C=O) groups excluding carboxylic acids is 2. The fraction of sp³-hybridized carbons (Fsp3) is 0.208. The van der Waals surface area contributed by atoms with Crippen LogP contribution in [0.25, 0.3) is 11.3 Å². The van der Waals surface area contributed by atoms with E-state index < -0.39 is 5.91 Å². The highest BCUT2D eigenvalue weighted by Crippen LogP contribution is 2.34. The highest BCUT2D eigenvalue weighted by Gasteiger charge is 2.21. The van der Waals surface area contributed by atoms with Gasteiger partial charge in [-0.05, 0) is 48.6 Å². The highest BCUT2D eigenvalue weighted by atomic mass is 35.5. The summed E-state index contributed by atoms with van der Waals surface area (Å²) in [6.45, 7) is 4.31. The minimum Gasteiger partial charge on any atom is -0.451 e. The summed E-state index contributed by atoms with van der Waals surface area (Å²) in [6, 6.07) is 16.1. The van der Waals surface area contributed by atoms with Crippen LogP contribution in [0.3, 0.4) is 0 Å². The van der Waals surface area contributed by atoms with Crippen molar-refractivity contribution in [2.75, 3.05) is 36.4 Å². The largest absolute Gasteiger partial charge is 0.451 e. The Kier molecular flexibility index (Phi) is 7.41. The molecule has 2 aromatic carbocycles. The number of hydrogen-bond acceptors (Lipinski definition) is 5. The molecule has 1 aromatic heterocycles. The second kappa shape index (κ2) is 10.5. The van der Waals surface area contributed by atoms with E-state index in [1.807, 2.05) is 29.2 Å². The maximum atomic E-state index is 12.7. The summed E-state index contributed by atoms with van der Waals surface area (Å²) in [5.41, 5.74) is 2.29. The standard InChI is InChI=1S/C24H22Cl2N4O3S/c1-15(31)29-11-13-30(14-12-29)19-8-3-2-7-18(19)27-24(34)28-23(32)21-10-9-20(33-21)16-5-4-6-17(25)22(16)26/h2-10H,11-14H2,1H3,(H2,27,28,32,34). The van der Waals surface area contributed by atoms with Crippen LogP contribution in [0.2, 0.25) is 10.0 Å². The summed E-state index contributed by atoms with van der Waals surface area (Å²) in [6.07, 6.45) is 0. The number of nitrogens with zero attached hydrogens (tertiary/aromatic N) is 2. The number of rotatable bonds is 4. The van der Waals surface area contributed by atoms with Gasteiger partial charge in [0.15, 0.2) is 10.9 Å². The van der Waals surface area contributed by atoms with Crippen molar-refractivity contribution in [2.45, 2.75) is 6.92 Å². The first-order valence-corrected chi connectivity index (χ1v) is 11.8. The lowest BCUT2D eigenvalue weighted by atomic mass is 10.2. The Hall–Kier alpha value is -3.07. The second-order valence-corrected chi connectivity index (χ2v) is 8.88. The number of amides is 2. The first kappa shape index (κ1) is 24.1. The molecule has 4 rings (SSSR count). The van der Waals surface area contributed by atoms with Crippen LogP contribution in [0.5, 0.6) is 0 Å². The average molecular weight is 517 g/mol. The van der Waals surface area contributed by atoms with Crippen molar-refractivity contribution in [3.05, 3.63) is 70.4 Å². The number of para-hydroxylation sites is 2. The molecule has 2 amide bonds. The third-order valence-electron chi connectivity index (χ3n) is 5.49. The number of nitrogens with one attached hydrogen (secondary N) is 2. The van der Waals surface area contributed by atoms with E-state index in [9.17, 15) is 9.59 Å². The molecule has 0 saturated carbocycles. The molecule has 10 heteroatoms.